The van der Waals surface area contributed by atoms with Crippen LogP contribution in [-0.4, -0.2) is 17.6 Å². The van der Waals surface area contributed by atoms with Crippen LogP contribution in [0.25, 0.3) is 0 Å². The molecule has 0 saturated carbocycles. The predicted molar refractivity (Wildman–Crippen MR) is 89.3 cm³/mol. The topological polar surface area (TPSA) is 58.2 Å². The van der Waals surface area contributed by atoms with Gasteiger partial charge in [-0.15, -0.1) is 11.8 Å². The van der Waals surface area contributed by atoms with E-state index in [1.54, 1.807) is 6.07 Å². The third-order valence-corrected chi connectivity index (χ3v) is 4.58. The minimum atomic E-state index is -0.0657. The smallest absolute Gasteiger partial charge is 0.234 e. The molecule has 112 valence electrons. The molecule has 0 atom stereocenters. The highest BCUT2D eigenvalue weighted by atomic mass is 32.2. The van der Waals surface area contributed by atoms with Crippen molar-refractivity contribution in [2.75, 3.05) is 16.4 Å². The predicted octanol–water partition coefficient (Wildman–Crippen LogP) is 3.22. The van der Waals surface area contributed by atoms with Crippen LogP contribution in [0, 0.1) is 6.92 Å². The molecule has 0 unspecified atom stereocenters. The van der Waals surface area contributed by atoms with E-state index in [4.69, 9.17) is 0 Å². The van der Waals surface area contributed by atoms with Crippen LogP contribution in [0.5, 0.6) is 0 Å². The van der Waals surface area contributed by atoms with Gasteiger partial charge in [-0.1, -0.05) is 24.3 Å². The van der Waals surface area contributed by atoms with Gasteiger partial charge in [-0.25, -0.2) is 0 Å². The Labute approximate surface area is 133 Å². The average molecular weight is 312 g/mol. The third kappa shape index (κ3) is 3.31. The standard InChI is InChI=1S/C17H16N2O2S/c1-11-4-2-3-5-12(11)8-16(20)18-13-6-7-15-14(9-13)19-17(21)10-22-15/h2-7,9H,8,10H2,1H3,(H,18,20)(H,19,21). The molecule has 1 aliphatic rings. The zero-order valence-electron chi connectivity index (χ0n) is 12.2. The molecular formula is C17H16N2O2S. The fourth-order valence-electron chi connectivity index (χ4n) is 2.35. The lowest BCUT2D eigenvalue weighted by Gasteiger charge is -2.17. The minimum Gasteiger partial charge on any atom is -0.326 e. The summed E-state index contributed by atoms with van der Waals surface area (Å²) in [7, 11) is 0. The molecule has 5 heteroatoms. The van der Waals surface area contributed by atoms with Crippen LogP contribution in [0.15, 0.2) is 47.4 Å². The number of amides is 2. The number of hydrogen-bond acceptors (Lipinski definition) is 3. The van der Waals surface area contributed by atoms with E-state index < -0.39 is 0 Å². The van der Waals surface area contributed by atoms with Gasteiger partial charge in [0.05, 0.1) is 17.9 Å². The van der Waals surface area contributed by atoms with Crippen LogP contribution in [-0.2, 0) is 16.0 Å². The first kappa shape index (κ1) is 14.7. The van der Waals surface area contributed by atoms with Crippen molar-refractivity contribution in [2.24, 2.45) is 0 Å². The largest absolute Gasteiger partial charge is 0.326 e. The summed E-state index contributed by atoms with van der Waals surface area (Å²) in [5.41, 5.74) is 3.57. The Morgan fingerprint density at radius 3 is 2.91 bits per heavy atom. The van der Waals surface area contributed by atoms with Gasteiger partial charge < -0.3 is 10.6 Å². The van der Waals surface area contributed by atoms with Crippen molar-refractivity contribution in [2.45, 2.75) is 18.2 Å². The summed E-state index contributed by atoms with van der Waals surface area (Å²) >= 11 is 1.50. The summed E-state index contributed by atoms with van der Waals surface area (Å²) < 4.78 is 0. The number of nitrogens with one attached hydrogen (secondary N) is 2. The van der Waals surface area contributed by atoms with Gasteiger partial charge in [-0.2, -0.15) is 0 Å². The lowest BCUT2D eigenvalue weighted by atomic mass is 10.1. The maximum atomic E-state index is 12.2. The highest BCUT2D eigenvalue weighted by Crippen LogP contribution is 2.33. The fraction of sp³-hybridized carbons (Fsp3) is 0.176. The molecule has 0 radical (unpaired) electrons. The van der Waals surface area contributed by atoms with Gasteiger partial charge in [0.2, 0.25) is 11.8 Å². The van der Waals surface area contributed by atoms with Crippen molar-refractivity contribution in [3.63, 3.8) is 0 Å². The second-order valence-corrected chi connectivity index (χ2v) is 6.22. The molecule has 0 bridgehead atoms. The van der Waals surface area contributed by atoms with Gasteiger partial charge in [0.1, 0.15) is 0 Å². The molecule has 4 nitrogen and oxygen atoms in total. The molecule has 2 aromatic carbocycles. The fourth-order valence-corrected chi connectivity index (χ4v) is 3.14. The van der Waals surface area contributed by atoms with Gasteiger partial charge in [-0.3, -0.25) is 9.59 Å². The number of benzene rings is 2. The van der Waals surface area contributed by atoms with Crippen molar-refractivity contribution in [3.05, 3.63) is 53.6 Å². The number of aryl methyl sites for hydroxylation is 1. The Hall–Kier alpha value is -2.27. The summed E-state index contributed by atoms with van der Waals surface area (Å²) in [5.74, 6) is 0.358. The Morgan fingerprint density at radius 2 is 2.09 bits per heavy atom. The second kappa shape index (κ2) is 6.23. The number of rotatable bonds is 3. The van der Waals surface area contributed by atoms with Gasteiger partial charge in [0, 0.05) is 10.6 Å². The molecule has 0 aliphatic carbocycles. The van der Waals surface area contributed by atoms with Crippen molar-refractivity contribution < 1.29 is 9.59 Å². The number of anilines is 2. The van der Waals surface area contributed by atoms with E-state index in [0.717, 1.165) is 21.7 Å². The molecule has 3 rings (SSSR count). The molecule has 1 heterocycles. The lowest BCUT2D eigenvalue weighted by Crippen LogP contribution is -2.19. The summed E-state index contributed by atoms with van der Waals surface area (Å²) in [4.78, 5) is 24.6. The highest BCUT2D eigenvalue weighted by Gasteiger charge is 2.16. The van der Waals surface area contributed by atoms with Crippen LogP contribution < -0.4 is 10.6 Å². The first-order valence-corrected chi connectivity index (χ1v) is 8.01. The Morgan fingerprint density at radius 1 is 1.27 bits per heavy atom. The number of carbonyl (C=O) groups is 2. The van der Waals surface area contributed by atoms with Gasteiger partial charge in [0.15, 0.2) is 0 Å². The number of hydrogen-bond donors (Lipinski definition) is 2. The van der Waals surface area contributed by atoms with E-state index in [1.807, 2.05) is 43.3 Å². The van der Waals surface area contributed by atoms with Crippen molar-refractivity contribution in [1.82, 2.24) is 0 Å². The van der Waals surface area contributed by atoms with Gasteiger partial charge >= 0.3 is 0 Å². The lowest BCUT2D eigenvalue weighted by molar-refractivity contribution is -0.115. The monoisotopic (exact) mass is 312 g/mol. The molecular weight excluding hydrogens is 296 g/mol. The maximum absolute atomic E-state index is 12.2. The summed E-state index contributed by atoms with van der Waals surface area (Å²) in [5, 5.41) is 5.70. The zero-order valence-corrected chi connectivity index (χ0v) is 13.0. The van der Waals surface area contributed by atoms with Crippen LogP contribution in [0.1, 0.15) is 11.1 Å². The van der Waals surface area contributed by atoms with Crippen LogP contribution in [0.4, 0.5) is 11.4 Å². The van der Waals surface area contributed by atoms with Gasteiger partial charge in [0.25, 0.3) is 0 Å². The highest BCUT2D eigenvalue weighted by molar-refractivity contribution is 8.00. The van der Waals surface area contributed by atoms with E-state index >= 15 is 0 Å². The third-order valence-electron chi connectivity index (χ3n) is 3.51. The molecule has 0 aromatic heterocycles. The summed E-state index contributed by atoms with van der Waals surface area (Å²) in [6.07, 6.45) is 0.338. The van der Waals surface area contributed by atoms with E-state index in [2.05, 4.69) is 10.6 Å². The Kier molecular flexibility index (Phi) is 4.15. The van der Waals surface area contributed by atoms with E-state index in [9.17, 15) is 9.59 Å². The number of fused-ring (bicyclic) bond motifs is 1. The van der Waals surface area contributed by atoms with E-state index in [-0.39, 0.29) is 11.8 Å². The van der Waals surface area contributed by atoms with Crippen LogP contribution in [0.2, 0.25) is 0 Å². The van der Waals surface area contributed by atoms with Crippen molar-refractivity contribution in [3.8, 4) is 0 Å². The SMILES string of the molecule is Cc1ccccc1CC(=O)Nc1ccc2c(c1)NC(=O)CS2. The molecule has 22 heavy (non-hydrogen) atoms. The zero-order chi connectivity index (χ0) is 15.5. The number of thioether (sulfide) groups is 1. The summed E-state index contributed by atoms with van der Waals surface area (Å²) in [6, 6.07) is 13.4. The first-order valence-electron chi connectivity index (χ1n) is 7.03. The molecule has 0 fully saturated rings. The minimum absolute atomic E-state index is 0.0131. The van der Waals surface area contributed by atoms with Crippen molar-refractivity contribution in [1.29, 1.82) is 0 Å². The normalized spacial score (nSPS) is 13.2. The van der Waals surface area contributed by atoms with Crippen LogP contribution >= 0.6 is 11.8 Å². The molecule has 1 aliphatic heterocycles. The van der Waals surface area contributed by atoms with Crippen LogP contribution in [0.3, 0.4) is 0 Å². The Bertz CT molecular complexity index is 743. The van der Waals surface area contributed by atoms with E-state index in [0.29, 0.717) is 17.9 Å². The van der Waals surface area contributed by atoms with E-state index in [1.165, 1.54) is 11.8 Å². The quantitative estimate of drug-likeness (QED) is 0.915. The molecule has 2 N–H and O–H groups in total. The van der Waals surface area contributed by atoms with Crippen molar-refractivity contribution >= 4 is 35.0 Å². The molecule has 2 aromatic rings. The number of carbonyl (C=O) groups excluding carboxylic acids is 2. The summed E-state index contributed by atoms with van der Waals surface area (Å²) in [6.45, 7) is 1.99. The molecule has 0 spiro atoms. The maximum Gasteiger partial charge on any atom is 0.234 e. The molecule has 2 amide bonds. The second-order valence-electron chi connectivity index (χ2n) is 5.20. The first-order chi connectivity index (χ1) is 10.6. The average Bonchev–Trinajstić information content (AvgIpc) is 2.49. The molecule has 0 saturated heterocycles. The Balaban J connectivity index is 1.71. The van der Waals surface area contributed by atoms with Gasteiger partial charge in [-0.05, 0) is 36.2 Å².